The van der Waals surface area contributed by atoms with Gasteiger partial charge in [-0.1, -0.05) is 6.58 Å². The van der Waals surface area contributed by atoms with E-state index in [1.807, 2.05) is 7.05 Å². The first-order valence-corrected chi connectivity index (χ1v) is 3.92. The molecule has 1 aliphatic rings. The van der Waals surface area contributed by atoms with Crippen LogP contribution in [-0.4, -0.2) is 31.6 Å². The van der Waals surface area contributed by atoms with Gasteiger partial charge in [0.15, 0.2) is 0 Å². The third-order valence-corrected chi connectivity index (χ3v) is 1.93. The Morgan fingerprint density at radius 1 is 1.50 bits per heavy atom. The van der Waals surface area contributed by atoms with Gasteiger partial charge in [0.25, 0.3) is 0 Å². The Balaban J connectivity index is 2.25. The van der Waals surface area contributed by atoms with Gasteiger partial charge >= 0.3 is 0 Å². The first-order valence-electron chi connectivity index (χ1n) is 3.92. The van der Waals surface area contributed by atoms with Crippen molar-refractivity contribution in [2.45, 2.75) is 12.8 Å². The van der Waals surface area contributed by atoms with Crippen molar-refractivity contribution < 1.29 is 0 Å². The molecular formula is C8H16N2. The van der Waals surface area contributed by atoms with Crippen LogP contribution in [0.4, 0.5) is 0 Å². The Labute approximate surface area is 62.9 Å². The molecule has 1 fully saturated rings. The highest BCUT2D eigenvalue weighted by atomic mass is 15.2. The van der Waals surface area contributed by atoms with Crippen molar-refractivity contribution in [2.75, 3.05) is 26.7 Å². The van der Waals surface area contributed by atoms with Crippen molar-refractivity contribution in [3.05, 3.63) is 12.3 Å². The number of nitrogens with zero attached hydrogens (tertiary/aromatic N) is 1. The van der Waals surface area contributed by atoms with Gasteiger partial charge in [-0.3, -0.25) is 0 Å². The molecular weight excluding hydrogens is 124 g/mol. The van der Waals surface area contributed by atoms with Gasteiger partial charge in [0, 0.05) is 25.3 Å². The molecule has 0 aromatic rings. The van der Waals surface area contributed by atoms with Crippen LogP contribution in [0.15, 0.2) is 12.3 Å². The number of hydrogen-bond donors (Lipinski definition) is 1. The monoisotopic (exact) mass is 140 g/mol. The molecule has 10 heavy (non-hydrogen) atoms. The standard InChI is InChI=1S/C8H16N2/c1-8(7-9-2)10-5-3-4-6-10/h9H,1,3-7H2,2H3. The van der Waals surface area contributed by atoms with E-state index in [2.05, 4.69) is 16.8 Å². The molecule has 2 nitrogen and oxygen atoms in total. The van der Waals surface area contributed by atoms with Gasteiger partial charge in [-0.2, -0.15) is 0 Å². The topological polar surface area (TPSA) is 15.3 Å². The van der Waals surface area contributed by atoms with Gasteiger partial charge in [-0.15, -0.1) is 0 Å². The van der Waals surface area contributed by atoms with Crippen molar-refractivity contribution in [3.8, 4) is 0 Å². The molecule has 0 unspecified atom stereocenters. The van der Waals surface area contributed by atoms with Gasteiger partial charge < -0.3 is 10.2 Å². The van der Waals surface area contributed by atoms with Gasteiger partial charge in [0.05, 0.1) is 0 Å². The summed E-state index contributed by atoms with van der Waals surface area (Å²) in [6, 6.07) is 0. The zero-order chi connectivity index (χ0) is 7.40. The van der Waals surface area contributed by atoms with E-state index in [1.165, 1.54) is 31.6 Å². The van der Waals surface area contributed by atoms with Crippen LogP contribution in [0, 0.1) is 0 Å². The van der Waals surface area contributed by atoms with Crippen molar-refractivity contribution in [1.29, 1.82) is 0 Å². The molecule has 0 spiro atoms. The van der Waals surface area contributed by atoms with Crippen molar-refractivity contribution in [2.24, 2.45) is 0 Å². The summed E-state index contributed by atoms with van der Waals surface area (Å²) < 4.78 is 0. The minimum absolute atomic E-state index is 0.931. The summed E-state index contributed by atoms with van der Waals surface area (Å²) in [6.07, 6.45) is 2.67. The fourth-order valence-corrected chi connectivity index (χ4v) is 1.35. The molecule has 1 rings (SSSR count). The van der Waals surface area contributed by atoms with Gasteiger partial charge in [-0.05, 0) is 19.9 Å². The van der Waals surface area contributed by atoms with Crippen LogP contribution in [0.25, 0.3) is 0 Å². The summed E-state index contributed by atoms with van der Waals surface area (Å²) in [5.74, 6) is 0. The smallest absolute Gasteiger partial charge is 0.0347 e. The van der Waals surface area contributed by atoms with E-state index in [0.717, 1.165) is 6.54 Å². The largest absolute Gasteiger partial charge is 0.374 e. The lowest BCUT2D eigenvalue weighted by Gasteiger charge is -2.19. The lowest BCUT2D eigenvalue weighted by Crippen LogP contribution is -2.25. The highest BCUT2D eigenvalue weighted by Gasteiger charge is 2.11. The number of rotatable bonds is 3. The molecule has 0 aromatic heterocycles. The third kappa shape index (κ3) is 1.74. The minimum atomic E-state index is 0.931. The maximum atomic E-state index is 3.99. The lowest BCUT2D eigenvalue weighted by molar-refractivity contribution is 0.415. The van der Waals surface area contributed by atoms with E-state index < -0.39 is 0 Å². The second-order valence-corrected chi connectivity index (χ2v) is 2.79. The number of nitrogens with one attached hydrogen (secondary N) is 1. The molecule has 1 heterocycles. The Kier molecular flexibility index (Phi) is 2.75. The van der Waals surface area contributed by atoms with Crippen molar-refractivity contribution in [1.82, 2.24) is 10.2 Å². The summed E-state index contributed by atoms with van der Waals surface area (Å²) in [7, 11) is 1.96. The second-order valence-electron chi connectivity index (χ2n) is 2.79. The van der Waals surface area contributed by atoms with Crippen LogP contribution < -0.4 is 5.32 Å². The lowest BCUT2D eigenvalue weighted by atomic mass is 10.4. The highest BCUT2D eigenvalue weighted by Crippen LogP contribution is 2.11. The maximum Gasteiger partial charge on any atom is 0.0347 e. The van der Waals surface area contributed by atoms with E-state index in [0.29, 0.717) is 0 Å². The van der Waals surface area contributed by atoms with E-state index in [9.17, 15) is 0 Å². The molecule has 0 amide bonds. The van der Waals surface area contributed by atoms with E-state index >= 15 is 0 Å². The van der Waals surface area contributed by atoms with E-state index in [1.54, 1.807) is 0 Å². The van der Waals surface area contributed by atoms with Crippen LogP contribution >= 0.6 is 0 Å². The molecule has 1 saturated heterocycles. The second kappa shape index (κ2) is 3.62. The first kappa shape index (κ1) is 7.61. The Morgan fingerprint density at radius 2 is 2.10 bits per heavy atom. The molecule has 0 aliphatic carbocycles. The summed E-state index contributed by atoms with van der Waals surface area (Å²) in [5, 5.41) is 3.10. The average Bonchev–Trinajstić information content (AvgIpc) is 2.38. The van der Waals surface area contributed by atoms with Gasteiger partial charge in [-0.25, -0.2) is 0 Å². The highest BCUT2D eigenvalue weighted by molar-refractivity contribution is 4.97. The number of hydrogen-bond acceptors (Lipinski definition) is 2. The van der Waals surface area contributed by atoms with E-state index in [4.69, 9.17) is 0 Å². The summed E-state index contributed by atoms with van der Waals surface area (Å²) in [4.78, 5) is 2.36. The third-order valence-electron chi connectivity index (χ3n) is 1.93. The number of likely N-dealkylation sites (N-methyl/N-ethyl adjacent to an activating group) is 1. The quantitative estimate of drug-likeness (QED) is 0.624. The average molecular weight is 140 g/mol. The minimum Gasteiger partial charge on any atom is -0.374 e. The molecule has 0 bridgehead atoms. The normalized spacial score (nSPS) is 17.9. The van der Waals surface area contributed by atoms with Gasteiger partial charge in [0.2, 0.25) is 0 Å². The summed E-state index contributed by atoms with van der Waals surface area (Å²) >= 11 is 0. The predicted molar refractivity (Wildman–Crippen MR) is 43.9 cm³/mol. The molecule has 2 heteroatoms. The fraction of sp³-hybridized carbons (Fsp3) is 0.750. The van der Waals surface area contributed by atoms with Crippen molar-refractivity contribution >= 4 is 0 Å². The zero-order valence-electron chi connectivity index (χ0n) is 6.69. The molecule has 0 saturated carbocycles. The Bertz CT molecular complexity index is 114. The van der Waals surface area contributed by atoms with Crippen molar-refractivity contribution in [3.63, 3.8) is 0 Å². The van der Waals surface area contributed by atoms with Crippen LogP contribution in [0.5, 0.6) is 0 Å². The number of likely N-dealkylation sites (tertiary alicyclic amines) is 1. The van der Waals surface area contributed by atoms with Crippen LogP contribution in [-0.2, 0) is 0 Å². The molecule has 1 N–H and O–H groups in total. The molecule has 0 atom stereocenters. The SMILES string of the molecule is C=C(CNC)N1CCCC1. The predicted octanol–water partition coefficient (Wildman–Crippen LogP) is 0.815. The maximum absolute atomic E-state index is 3.99. The van der Waals surface area contributed by atoms with Crippen LogP contribution in [0.1, 0.15) is 12.8 Å². The Hall–Kier alpha value is -0.500. The van der Waals surface area contributed by atoms with E-state index in [-0.39, 0.29) is 0 Å². The van der Waals surface area contributed by atoms with Gasteiger partial charge in [0.1, 0.15) is 0 Å². The summed E-state index contributed by atoms with van der Waals surface area (Å²) in [5.41, 5.74) is 1.24. The molecule has 1 aliphatic heterocycles. The van der Waals surface area contributed by atoms with Crippen LogP contribution in [0.2, 0.25) is 0 Å². The zero-order valence-corrected chi connectivity index (χ0v) is 6.69. The molecule has 58 valence electrons. The fourth-order valence-electron chi connectivity index (χ4n) is 1.35. The summed E-state index contributed by atoms with van der Waals surface area (Å²) in [6.45, 7) is 7.34. The molecule has 0 radical (unpaired) electrons. The van der Waals surface area contributed by atoms with Crippen LogP contribution in [0.3, 0.4) is 0 Å². The first-order chi connectivity index (χ1) is 4.84. The Morgan fingerprint density at radius 3 is 2.60 bits per heavy atom. The molecule has 0 aromatic carbocycles.